The predicted molar refractivity (Wildman–Crippen MR) is 85.5 cm³/mol. The molecule has 1 aliphatic rings. The lowest BCUT2D eigenvalue weighted by atomic mass is 10.2. The van der Waals surface area contributed by atoms with Crippen molar-refractivity contribution < 1.29 is 14.3 Å². The molecule has 2 heterocycles. The average Bonchev–Trinajstić information content (AvgIpc) is 2.97. The first-order chi connectivity index (χ1) is 11.0. The fourth-order valence-corrected chi connectivity index (χ4v) is 2.61. The van der Waals surface area contributed by atoms with Crippen LogP contribution in [0, 0.1) is 13.8 Å². The van der Waals surface area contributed by atoms with Crippen molar-refractivity contribution in [1.82, 2.24) is 20.6 Å². The number of hydrogen-bond acceptors (Lipinski definition) is 6. The van der Waals surface area contributed by atoms with Gasteiger partial charge in [0.2, 0.25) is 11.7 Å². The molecule has 2 amide bonds. The van der Waals surface area contributed by atoms with E-state index in [0.29, 0.717) is 6.54 Å². The first kappa shape index (κ1) is 17.1. The zero-order chi connectivity index (χ0) is 17.0. The molecule has 1 atom stereocenters. The molecule has 0 saturated carbocycles. The summed E-state index contributed by atoms with van der Waals surface area (Å²) in [5.41, 5.74) is 1.72. The van der Waals surface area contributed by atoms with Gasteiger partial charge in [-0.05, 0) is 20.3 Å². The summed E-state index contributed by atoms with van der Waals surface area (Å²) in [5, 5.41) is 5.48. The van der Waals surface area contributed by atoms with Crippen molar-refractivity contribution >= 4 is 17.6 Å². The van der Waals surface area contributed by atoms with E-state index in [-0.39, 0.29) is 30.3 Å². The molecule has 23 heavy (non-hydrogen) atoms. The van der Waals surface area contributed by atoms with Crippen LogP contribution in [-0.4, -0.2) is 61.7 Å². The van der Waals surface area contributed by atoms with Gasteiger partial charge in [-0.3, -0.25) is 9.59 Å². The number of nitrogens with zero attached hydrogens (tertiary/aromatic N) is 3. The lowest BCUT2D eigenvalue weighted by Gasteiger charge is -2.21. The second-order valence-electron chi connectivity index (χ2n) is 5.59. The van der Waals surface area contributed by atoms with E-state index in [2.05, 4.69) is 25.5 Å². The van der Waals surface area contributed by atoms with Crippen molar-refractivity contribution in [3.05, 3.63) is 17.1 Å². The van der Waals surface area contributed by atoms with E-state index >= 15 is 0 Å². The maximum Gasteiger partial charge on any atom is 0.288 e. The van der Waals surface area contributed by atoms with Gasteiger partial charge in [0.15, 0.2) is 0 Å². The lowest BCUT2D eigenvalue weighted by Crippen LogP contribution is -2.39. The SMILES string of the molecule is CNC(=O)c1nc(C)c(C)c(N2CC[C@@H](NC(=O)COC)C2)n1. The van der Waals surface area contributed by atoms with Crippen molar-refractivity contribution in [2.45, 2.75) is 26.3 Å². The summed E-state index contributed by atoms with van der Waals surface area (Å²) in [7, 11) is 3.05. The van der Waals surface area contributed by atoms with Crippen LogP contribution in [0.15, 0.2) is 0 Å². The number of aryl methyl sites for hydroxylation is 1. The number of anilines is 1. The standard InChI is InChI=1S/C15H23N5O3/c1-9-10(2)17-13(15(22)16-3)19-14(9)20-6-5-11(7-20)18-12(21)8-23-4/h11H,5-8H2,1-4H3,(H,16,22)(H,18,21)/t11-/m1/s1. The highest BCUT2D eigenvalue weighted by Gasteiger charge is 2.27. The molecule has 0 aromatic carbocycles. The molecule has 0 spiro atoms. The number of rotatable bonds is 5. The molecule has 2 N–H and O–H groups in total. The summed E-state index contributed by atoms with van der Waals surface area (Å²) in [6, 6.07) is 0.0516. The second-order valence-corrected chi connectivity index (χ2v) is 5.59. The fourth-order valence-electron chi connectivity index (χ4n) is 2.61. The summed E-state index contributed by atoms with van der Waals surface area (Å²) in [5.74, 6) is 0.483. The Morgan fingerprint density at radius 3 is 2.74 bits per heavy atom. The molecular weight excluding hydrogens is 298 g/mol. The number of carbonyl (C=O) groups excluding carboxylic acids is 2. The Morgan fingerprint density at radius 1 is 1.35 bits per heavy atom. The topological polar surface area (TPSA) is 96.5 Å². The number of hydrogen-bond donors (Lipinski definition) is 2. The number of carbonyl (C=O) groups is 2. The summed E-state index contributed by atoms with van der Waals surface area (Å²) < 4.78 is 4.82. The zero-order valence-electron chi connectivity index (χ0n) is 14.0. The van der Waals surface area contributed by atoms with Crippen LogP contribution in [0.3, 0.4) is 0 Å². The molecule has 1 fully saturated rings. The van der Waals surface area contributed by atoms with Gasteiger partial charge in [-0.1, -0.05) is 0 Å². The summed E-state index contributed by atoms with van der Waals surface area (Å²) in [6.07, 6.45) is 0.827. The molecule has 126 valence electrons. The third-order valence-electron chi connectivity index (χ3n) is 3.92. The maximum atomic E-state index is 11.8. The smallest absolute Gasteiger partial charge is 0.288 e. The minimum atomic E-state index is -0.307. The van der Waals surface area contributed by atoms with Crippen molar-refractivity contribution in [3.8, 4) is 0 Å². The highest BCUT2D eigenvalue weighted by molar-refractivity contribution is 5.90. The second kappa shape index (κ2) is 7.36. The van der Waals surface area contributed by atoms with Gasteiger partial charge < -0.3 is 20.3 Å². The first-order valence-corrected chi connectivity index (χ1v) is 7.56. The number of methoxy groups -OCH3 is 1. The van der Waals surface area contributed by atoms with E-state index in [9.17, 15) is 9.59 Å². The quantitative estimate of drug-likeness (QED) is 0.779. The van der Waals surface area contributed by atoms with E-state index in [1.165, 1.54) is 7.11 Å². The van der Waals surface area contributed by atoms with Crippen LogP contribution in [0.4, 0.5) is 5.82 Å². The van der Waals surface area contributed by atoms with Gasteiger partial charge in [0, 0.05) is 44.5 Å². The molecule has 0 radical (unpaired) electrons. The zero-order valence-corrected chi connectivity index (χ0v) is 14.0. The van der Waals surface area contributed by atoms with Gasteiger partial charge in [-0.2, -0.15) is 0 Å². The molecule has 8 heteroatoms. The Kier molecular flexibility index (Phi) is 5.49. The number of amides is 2. The monoisotopic (exact) mass is 321 g/mol. The Labute approximate surface area is 135 Å². The molecule has 2 rings (SSSR count). The molecule has 0 bridgehead atoms. The normalized spacial score (nSPS) is 17.2. The van der Waals surface area contributed by atoms with Gasteiger partial charge in [0.25, 0.3) is 5.91 Å². The predicted octanol–water partition coefficient (Wildman–Crippen LogP) is -0.206. The van der Waals surface area contributed by atoms with Gasteiger partial charge >= 0.3 is 0 Å². The summed E-state index contributed by atoms with van der Waals surface area (Å²) in [6.45, 7) is 5.28. The van der Waals surface area contributed by atoms with E-state index in [4.69, 9.17) is 4.74 Å². The largest absolute Gasteiger partial charge is 0.375 e. The fraction of sp³-hybridized carbons (Fsp3) is 0.600. The first-order valence-electron chi connectivity index (χ1n) is 7.56. The van der Waals surface area contributed by atoms with Crippen LogP contribution >= 0.6 is 0 Å². The third kappa shape index (κ3) is 3.95. The molecule has 1 aliphatic heterocycles. The van der Waals surface area contributed by atoms with E-state index < -0.39 is 0 Å². The van der Waals surface area contributed by atoms with Crippen LogP contribution in [0.1, 0.15) is 28.3 Å². The van der Waals surface area contributed by atoms with Crippen molar-refractivity contribution in [3.63, 3.8) is 0 Å². The number of ether oxygens (including phenoxy) is 1. The van der Waals surface area contributed by atoms with Crippen LogP contribution in [0.2, 0.25) is 0 Å². The van der Waals surface area contributed by atoms with Crippen molar-refractivity contribution in [1.29, 1.82) is 0 Å². The van der Waals surface area contributed by atoms with Gasteiger partial charge in [0.05, 0.1) is 0 Å². The molecule has 1 saturated heterocycles. The average molecular weight is 321 g/mol. The summed E-state index contributed by atoms with van der Waals surface area (Å²) in [4.78, 5) is 34.1. The molecule has 8 nitrogen and oxygen atoms in total. The number of nitrogens with one attached hydrogen (secondary N) is 2. The van der Waals surface area contributed by atoms with Crippen molar-refractivity contribution in [2.75, 3.05) is 38.8 Å². The minimum Gasteiger partial charge on any atom is -0.375 e. The Balaban J connectivity index is 2.14. The Hall–Kier alpha value is -2.22. The highest BCUT2D eigenvalue weighted by atomic mass is 16.5. The highest BCUT2D eigenvalue weighted by Crippen LogP contribution is 2.24. The van der Waals surface area contributed by atoms with Crippen molar-refractivity contribution in [2.24, 2.45) is 0 Å². The van der Waals surface area contributed by atoms with Crippen LogP contribution in [0.5, 0.6) is 0 Å². The third-order valence-corrected chi connectivity index (χ3v) is 3.92. The molecule has 1 aromatic rings. The van der Waals surface area contributed by atoms with Gasteiger partial charge in [-0.15, -0.1) is 0 Å². The van der Waals surface area contributed by atoms with E-state index in [1.54, 1.807) is 7.05 Å². The maximum absolute atomic E-state index is 11.8. The number of aromatic nitrogens is 2. The van der Waals surface area contributed by atoms with Crippen LogP contribution in [-0.2, 0) is 9.53 Å². The molecular formula is C15H23N5O3. The van der Waals surface area contributed by atoms with E-state index in [1.807, 2.05) is 13.8 Å². The van der Waals surface area contributed by atoms with E-state index in [0.717, 1.165) is 30.0 Å². The molecule has 0 aliphatic carbocycles. The summed E-state index contributed by atoms with van der Waals surface area (Å²) >= 11 is 0. The Morgan fingerprint density at radius 2 is 2.09 bits per heavy atom. The van der Waals surface area contributed by atoms with Gasteiger partial charge in [-0.25, -0.2) is 9.97 Å². The molecule has 1 aromatic heterocycles. The van der Waals surface area contributed by atoms with Gasteiger partial charge in [0.1, 0.15) is 12.4 Å². The van der Waals surface area contributed by atoms with Crippen LogP contribution < -0.4 is 15.5 Å². The Bertz CT molecular complexity index is 605. The molecule has 0 unspecified atom stereocenters. The lowest BCUT2D eigenvalue weighted by molar-refractivity contribution is -0.125. The van der Waals surface area contributed by atoms with Crippen LogP contribution in [0.25, 0.3) is 0 Å². The minimum absolute atomic E-state index is 0.0516.